The summed E-state index contributed by atoms with van der Waals surface area (Å²) in [6.07, 6.45) is 12.9. The maximum atomic E-state index is 11.5. The van der Waals surface area contributed by atoms with Crippen molar-refractivity contribution in [2.75, 3.05) is 25.2 Å². The first-order chi connectivity index (χ1) is 17.4. The molecule has 36 heavy (non-hydrogen) atoms. The Bertz CT molecular complexity index is 1500. The van der Waals surface area contributed by atoms with Crippen molar-refractivity contribution >= 4 is 20.7 Å². The predicted molar refractivity (Wildman–Crippen MR) is 136 cm³/mol. The van der Waals surface area contributed by atoms with Gasteiger partial charge in [-0.05, 0) is 49.4 Å². The maximum absolute atomic E-state index is 11.5. The SMILES string of the molecule is CS(=O)(=O)CCn1cc(-c2ccc3c(Oc4cn(C5CC5)nc4C4CCOCC4)ccnc3c2)cn1. The van der Waals surface area contributed by atoms with Crippen molar-refractivity contribution in [2.24, 2.45) is 0 Å². The molecule has 10 heteroatoms. The fraction of sp³-hybridized carbons (Fsp3) is 0.423. The van der Waals surface area contributed by atoms with E-state index in [0.29, 0.717) is 18.5 Å². The number of aryl methyl sites for hydroxylation is 1. The summed E-state index contributed by atoms with van der Waals surface area (Å²) in [5, 5.41) is 10.2. The monoisotopic (exact) mass is 507 g/mol. The quantitative estimate of drug-likeness (QED) is 0.349. The fourth-order valence-electron chi connectivity index (χ4n) is 4.65. The number of nitrogens with zero attached hydrogens (tertiary/aromatic N) is 5. The number of hydrogen-bond donors (Lipinski definition) is 0. The molecule has 188 valence electrons. The summed E-state index contributed by atoms with van der Waals surface area (Å²) in [7, 11) is -3.04. The number of aromatic nitrogens is 5. The highest BCUT2D eigenvalue weighted by Gasteiger charge is 2.30. The topological polar surface area (TPSA) is 101 Å². The lowest BCUT2D eigenvalue weighted by Crippen LogP contribution is -2.15. The van der Waals surface area contributed by atoms with Crippen molar-refractivity contribution in [2.45, 2.75) is 44.2 Å². The molecule has 0 atom stereocenters. The predicted octanol–water partition coefficient (Wildman–Crippen LogP) is 4.36. The summed E-state index contributed by atoms with van der Waals surface area (Å²) in [5.74, 6) is 1.96. The van der Waals surface area contributed by atoms with Gasteiger partial charge in [0.15, 0.2) is 5.75 Å². The van der Waals surface area contributed by atoms with Crippen LogP contribution in [0.15, 0.2) is 49.1 Å². The maximum Gasteiger partial charge on any atom is 0.168 e. The third-order valence-corrected chi connectivity index (χ3v) is 7.76. The minimum absolute atomic E-state index is 0.0568. The van der Waals surface area contributed by atoms with E-state index in [1.54, 1.807) is 17.1 Å². The van der Waals surface area contributed by atoms with Crippen LogP contribution >= 0.6 is 0 Å². The van der Waals surface area contributed by atoms with Gasteiger partial charge in [-0.3, -0.25) is 14.3 Å². The molecule has 1 aliphatic heterocycles. The molecule has 2 fully saturated rings. The van der Waals surface area contributed by atoms with Gasteiger partial charge in [0, 0.05) is 48.7 Å². The molecule has 9 nitrogen and oxygen atoms in total. The van der Waals surface area contributed by atoms with Crippen LogP contribution in [0.4, 0.5) is 0 Å². The molecule has 4 heterocycles. The molecule has 0 bridgehead atoms. The second-order valence-corrected chi connectivity index (χ2v) is 12.0. The van der Waals surface area contributed by atoms with E-state index in [9.17, 15) is 8.42 Å². The number of sulfone groups is 1. The zero-order valence-electron chi connectivity index (χ0n) is 20.2. The van der Waals surface area contributed by atoms with Crippen molar-refractivity contribution in [3.63, 3.8) is 0 Å². The highest BCUT2D eigenvalue weighted by Crippen LogP contribution is 2.41. The van der Waals surface area contributed by atoms with Crippen LogP contribution in [0, 0.1) is 0 Å². The number of pyridine rings is 1. The van der Waals surface area contributed by atoms with Gasteiger partial charge in [-0.2, -0.15) is 10.2 Å². The van der Waals surface area contributed by atoms with E-state index in [-0.39, 0.29) is 5.75 Å². The van der Waals surface area contributed by atoms with E-state index in [1.165, 1.54) is 19.1 Å². The number of hydrogen-bond acceptors (Lipinski definition) is 7. The summed E-state index contributed by atoms with van der Waals surface area (Å²) in [6.45, 7) is 1.84. The van der Waals surface area contributed by atoms with E-state index in [0.717, 1.165) is 65.3 Å². The normalized spacial score (nSPS) is 17.0. The van der Waals surface area contributed by atoms with Gasteiger partial charge in [0.2, 0.25) is 0 Å². The Labute approximate surface area is 210 Å². The molecule has 0 radical (unpaired) electrons. The fourth-order valence-corrected chi connectivity index (χ4v) is 5.17. The van der Waals surface area contributed by atoms with E-state index < -0.39 is 9.84 Å². The van der Waals surface area contributed by atoms with E-state index in [2.05, 4.69) is 14.8 Å². The standard InChI is InChI=1S/C26H29N5O4S/c1-36(32,33)13-10-30-16-20(15-28-30)19-2-5-22-23(14-19)27-9-6-24(22)35-25-17-31(21-3-4-21)29-26(25)18-7-11-34-12-8-18/h2,5-6,9,14-18,21H,3-4,7-8,10-13H2,1H3. The molecule has 0 unspecified atom stereocenters. The lowest BCUT2D eigenvalue weighted by Gasteiger charge is -2.21. The van der Waals surface area contributed by atoms with E-state index in [1.807, 2.05) is 36.7 Å². The largest absolute Gasteiger partial charge is 0.453 e. The van der Waals surface area contributed by atoms with Gasteiger partial charge < -0.3 is 9.47 Å². The molecule has 0 N–H and O–H groups in total. The summed E-state index contributed by atoms with van der Waals surface area (Å²) in [6, 6.07) is 8.42. The number of benzene rings is 1. The molecule has 6 rings (SSSR count). The Morgan fingerprint density at radius 2 is 1.89 bits per heavy atom. The first-order valence-corrected chi connectivity index (χ1v) is 14.4. The Balaban J connectivity index is 1.28. The Morgan fingerprint density at radius 1 is 1.06 bits per heavy atom. The second kappa shape index (κ2) is 9.33. The number of rotatable bonds is 8. The molecule has 1 aromatic carbocycles. The molecule has 4 aromatic rings. The average Bonchev–Trinajstić information content (AvgIpc) is 3.46. The lowest BCUT2D eigenvalue weighted by atomic mass is 9.96. The van der Waals surface area contributed by atoms with Crippen LogP contribution in [0.25, 0.3) is 22.0 Å². The number of fused-ring (bicyclic) bond motifs is 1. The first kappa shape index (κ1) is 23.2. The zero-order valence-corrected chi connectivity index (χ0v) is 21.0. The molecular formula is C26H29N5O4S. The van der Waals surface area contributed by atoms with Gasteiger partial charge in [0.25, 0.3) is 0 Å². The highest BCUT2D eigenvalue weighted by atomic mass is 32.2. The second-order valence-electron chi connectivity index (χ2n) is 9.74. The average molecular weight is 508 g/mol. The summed E-state index contributed by atoms with van der Waals surface area (Å²) in [4.78, 5) is 4.58. The van der Waals surface area contributed by atoms with Gasteiger partial charge in [0.05, 0.1) is 36.2 Å². The van der Waals surface area contributed by atoms with Crippen molar-refractivity contribution in [3.05, 3.63) is 54.7 Å². The Morgan fingerprint density at radius 3 is 2.67 bits per heavy atom. The van der Waals surface area contributed by atoms with Crippen LogP contribution in [0.5, 0.6) is 11.5 Å². The van der Waals surface area contributed by atoms with Crippen LogP contribution in [0.1, 0.15) is 43.3 Å². The molecule has 3 aromatic heterocycles. The van der Waals surface area contributed by atoms with E-state index >= 15 is 0 Å². The van der Waals surface area contributed by atoms with Gasteiger partial charge in [-0.1, -0.05) is 6.07 Å². The van der Waals surface area contributed by atoms with Gasteiger partial charge in [-0.15, -0.1) is 0 Å². The minimum Gasteiger partial charge on any atom is -0.453 e. The van der Waals surface area contributed by atoms with Gasteiger partial charge >= 0.3 is 0 Å². The Hall–Kier alpha value is -3.24. The molecule has 1 saturated heterocycles. The zero-order chi connectivity index (χ0) is 24.7. The minimum atomic E-state index is -3.04. The molecule has 2 aliphatic rings. The van der Waals surface area contributed by atoms with Crippen LogP contribution < -0.4 is 4.74 Å². The molecule has 1 aliphatic carbocycles. The summed E-state index contributed by atoms with van der Waals surface area (Å²) >= 11 is 0. The molecule has 0 spiro atoms. The van der Waals surface area contributed by atoms with Crippen LogP contribution in [-0.2, 0) is 21.1 Å². The molecular weight excluding hydrogens is 478 g/mol. The van der Waals surface area contributed by atoms with Crippen LogP contribution in [-0.4, -0.2) is 58.2 Å². The van der Waals surface area contributed by atoms with Gasteiger partial charge in [-0.25, -0.2) is 8.42 Å². The first-order valence-electron chi connectivity index (χ1n) is 12.4. The van der Waals surface area contributed by atoms with E-state index in [4.69, 9.17) is 14.6 Å². The summed E-state index contributed by atoms with van der Waals surface area (Å²) in [5.41, 5.74) is 3.71. The van der Waals surface area contributed by atoms with Crippen LogP contribution in [0.2, 0.25) is 0 Å². The van der Waals surface area contributed by atoms with Crippen LogP contribution in [0.3, 0.4) is 0 Å². The third-order valence-electron chi connectivity index (χ3n) is 6.83. The molecule has 0 amide bonds. The summed E-state index contributed by atoms with van der Waals surface area (Å²) < 4.78 is 38.7. The van der Waals surface area contributed by atoms with Gasteiger partial charge in [0.1, 0.15) is 21.3 Å². The van der Waals surface area contributed by atoms with Crippen molar-refractivity contribution < 1.29 is 17.9 Å². The Kier molecular flexibility index (Phi) is 6.00. The molecule has 1 saturated carbocycles. The highest BCUT2D eigenvalue weighted by molar-refractivity contribution is 7.90. The third kappa shape index (κ3) is 5.01. The smallest absolute Gasteiger partial charge is 0.168 e. The number of ether oxygens (including phenoxy) is 2. The van der Waals surface area contributed by atoms with Crippen molar-refractivity contribution in [3.8, 4) is 22.6 Å². The van der Waals surface area contributed by atoms with Crippen molar-refractivity contribution in [1.82, 2.24) is 24.5 Å². The lowest BCUT2D eigenvalue weighted by molar-refractivity contribution is 0.0839. The van der Waals surface area contributed by atoms with Crippen molar-refractivity contribution in [1.29, 1.82) is 0 Å².